The minimum atomic E-state index is -4.04. The largest absolute Gasteiger partial charge is 0.390 e. The monoisotopic (exact) mass is 126 g/mol. The van der Waals surface area contributed by atoms with E-state index in [-0.39, 0.29) is 6.54 Å². The Morgan fingerprint density at radius 3 is 2.00 bits per heavy atom. The SMILES string of the molecule is C[N]CCC(F)(F)F. The lowest BCUT2D eigenvalue weighted by Gasteiger charge is -2.02. The Morgan fingerprint density at radius 1 is 1.38 bits per heavy atom. The maximum atomic E-state index is 11.2. The third-order valence-corrected chi connectivity index (χ3v) is 0.619. The van der Waals surface area contributed by atoms with Gasteiger partial charge in [0.1, 0.15) is 0 Å². The van der Waals surface area contributed by atoms with Crippen LogP contribution in [0.4, 0.5) is 13.2 Å². The first-order valence-electron chi connectivity index (χ1n) is 2.18. The van der Waals surface area contributed by atoms with Crippen LogP contribution in [0.5, 0.6) is 0 Å². The first kappa shape index (κ1) is 7.75. The van der Waals surface area contributed by atoms with Crippen molar-refractivity contribution in [1.29, 1.82) is 0 Å². The highest BCUT2D eigenvalue weighted by molar-refractivity contribution is 4.50. The molecule has 49 valence electrons. The predicted octanol–water partition coefficient (Wildman–Crippen LogP) is 1.17. The maximum absolute atomic E-state index is 11.2. The first-order valence-corrected chi connectivity index (χ1v) is 2.18. The van der Waals surface area contributed by atoms with E-state index in [1.807, 2.05) is 0 Å². The molecule has 0 heterocycles. The van der Waals surface area contributed by atoms with Crippen molar-refractivity contribution in [3.8, 4) is 0 Å². The van der Waals surface area contributed by atoms with Gasteiger partial charge in [-0.15, -0.1) is 0 Å². The highest BCUT2D eigenvalue weighted by Gasteiger charge is 2.25. The lowest BCUT2D eigenvalue weighted by atomic mass is 10.4. The smallest absolute Gasteiger partial charge is 0.245 e. The van der Waals surface area contributed by atoms with E-state index in [1.54, 1.807) is 0 Å². The molecule has 0 amide bonds. The number of halogens is 3. The average Bonchev–Trinajstić information content (AvgIpc) is 1.59. The van der Waals surface area contributed by atoms with E-state index >= 15 is 0 Å². The minimum absolute atomic E-state index is 0.122. The van der Waals surface area contributed by atoms with Crippen LogP contribution in [0.3, 0.4) is 0 Å². The molecular weight excluding hydrogens is 119 g/mol. The molecule has 0 fully saturated rings. The summed E-state index contributed by atoms with van der Waals surface area (Å²) < 4.78 is 33.5. The van der Waals surface area contributed by atoms with Gasteiger partial charge in [-0.3, -0.25) is 0 Å². The van der Waals surface area contributed by atoms with Gasteiger partial charge in [-0.25, -0.2) is 5.32 Å². The second kappa shape index (κ2) is 2.91. The van der Waals surface area contributed by atoms with Crippen LogP contribution in [-0.4, -0.2) is 19.8 Å². The fourth-order valence-corrected chi connectivity index (χ4v) is 0.239. The second-order valence-electron chi connectivity index (χ2n) is 1.41. The van der Waals surface area contributed by atoms with Crippen molar-refractivity contribution < 1.29 is 13.2 Å². The third-order valence-electron chi connectivity index (χ3n) is 0.619. The molecule has 0 atom stereocenters. The molecule has 0 aromatic heterocycles. The van der Waals surface area contributed by atoms with Crippen molar-refractivity contribution in [3.63, 3.8) is 0 Å². The molecule has 0 aliphatic rings. The molecule has 0 bridgehead atoms. The highest BCUT2D eigenvalue weighted by Crippen LogP contribution is 2.17. The van der Waals surface area contributed by atoms with E-state index in [0.29, 0.717) is 0 Å². The molecule has 8 heavy (non-hydrogen) atoms. The zero-order chi connectivity index (χ0) is 6.62. The zero-order valence-electron chi connectivity index (χ0n) is 4.50. The van der Waals surface area contributed by atoms with Crippen LogP contribution in [0.1, 0.15) is 6.42 Å². The van der Waals surface area contributed by atoms with Gasteiger partial charge < -0.3 is 0 Å². The summed E-state index contributed by atoms with van der Waals surface area (Å²) in [7, 11) is 1.37. The van der Waals surface area contributed by atoms with E-state index in [1.165, 1.54) is 7.05 Å². The number of nitrogens with zero attached hydrogens (tertiary/aromatic N) is 1. The Balaban J connectivity index is 3.11. The lowest BCUT2D eigenvalue weighted by Crippen LogP contribution is -2.13. The first-order chi connectivity index (χ1) is 3.56. The quantitative estimate of drug-likeness (QED) is 0.527. The van der Waals surface area contributed by atoms with E-state index in [4.69, 9.17) is 0 Å². The number of hydrogen-bond donors (Lipinski definition) is 0. The van der Waals surface area contributed by atoms with Crippen molar-refractivity contribution in [1.82, 2.24) is 5.32 Å². The van der Waals surface area contributed by atoms with Gasteiger partial charge >= 0.3 is 6.18 Å². The molecule has 0 unspecified atom stereocenters. The van der Waals surface area contributed by atoms with E-state index in [2.05, 4.69) is 5.32 Å². The maximum Gasteiger partial charge on any atom is 0.390 e. The summed E-state index contributed by atoms with van der Waals surface area (Å²) in [5.74, 6) is 0. The summed E-state index contributed by atoms with van der Waals surface area (Å²) in [5.41, 5.74) is 0. The zero-order valence-corrected chi connectivity index (χ0v) is 4.50. The molecule has 0 saturated heterocycles. The van der Waals surface area contributed by atoms with E-state index < -0.39 is 12.6 Å². The molecule has 0 N–H and O–H groups in total. The molecule has 0 aromatic carbocycles. The molecule has 0 spiro atoms. The van der Waals surface area contributed by atoms with Gasteiger partial charge in [-0.05, 0) is 0 Å². The Hall–Kier alpha value is -0.250. The van der Waals surface area contributed by atoms with E-state index in [0.717, 1.165) is 0 Å². The summed E-state index contributed by atoms with van der Waals surface area (Å²) in [6, 6.07) is 0. The van der Waals surface area contributed by atoms with E-state index in [9.17, 15) is 13.2 Å². The van der Waals surface area contributed by atoms with Crippen molar-refractivity contribution in [2.75, 3.05) is 13.6 Å². The number of hydrogen-bond acceptors (Lipinski definition) is 0. The summed E-state index contributed by atoms with van der Waals surface area (Å²) in [6.45, 7) is -0.122. The van der Waals surface area contributed by atoms with Crippen LogP contribution in [0.15, 0.2) is 0 Å². The third kappa shape index (κ3) is 5.75. The summed E-state index contributed by atoms with van der Waals surface area (Å²) in [5, 5.41) is 3.30. The van der Waals surface area contributed by atoms with Crippen molar-refractivity contribution in [2.24, 2.45) is 0 Å². The standard InChI is InChI=1S/C4H7F3N/c1-8-3-2-4(5,6)7/h2-3H2,1H3. The Bertz CT molecular complexity index is 58.8. The minimum Gasteiger partial charge on any atom is -0.245 e. The molecule has 0 rings (SSSR count). The van der Waals surface area contributed by atoms with Gasteiger partial charge in [0.15, 0.2) is 0 Å². The summed E-state index contributed by atoms with van der Waals surface area (Å²) in [6.07, 6.45) is -4.84. The van der Waals surface area contributed by atoms with Crippen LogP contribution in [0.2, 0.25) is 0 Å². The molecular formula is C4H7F3N. The van der Waals surface area contributed by atoms with Gasteiger partial charge in [0.05, 0.1) is 6.42 Å². The molecule has 0 aliphatic heterocycles. The fraction of sp³-hybridized carbons (Fsp3) is 1.00. The van der Waals surface area contributed by atoms with Crippen molar-refractivity contribution in [3.05, 3.63) is 0 Å². The van der Waals surface area contributed by atoms with Gasteiger partial charge in [0, 0.05) is 13.6 Å². The van der Waals surface area contributed by atoms with Crippen LogP contribution in [0, 0.1) is 0 Å². The average molecular weight is 126 g/mol. The predicted molar refractivity (Wildman–Crippen MR) is 23.6 cm³/mol. The van der Waals surface area contributed by atoms with Gasteiger partial charge in [0.25, 0.3) is 0 Å². The molecule has 0 aliphatic carbocycles. The lowest BCUT2D eigenvalue weighted by molar-refractivity contribution is -0.133. The van der Waals surface area contributed by atoms with Crippen LogP contribution >= 0.6 is 0 Å². The molecule has 0 saturated carbocycles. The molecule has 0 aromatic rings. The molecule has 1 nitrogen and oxygen atoms in total. The summed E-state index contributed by atoms with van der Waals surface area (Å²) >= 11 is 0. The second-order valence-corrected chi connectivity index (χ2v) is 1.41. The Labute approximate surface area is 45.9 Å². The normalized spacial score (nSPS) is 12.0. The van der Waals surface area contributed by atoms with Gasteiger partial charge in [0.2, 0.25) is 0 Å². The Morgan fingerprint density at radius 2 is 1.88 bits per heavy atom. The van der Waals surface area contributed by atoms with Gasteiger partial charge in [-0.2, -0.15) is 13.2 Å². The number of rotatable bonds is 2. The fourth-order valence-electron chi connectivity index (χ4n) is 0.239. The van der Waals surface area contributed by atoms with Crippen LogP contribution < -0.4 is 5.32 Å². The van der Waals surface area contributed by atoms with Crippen molar-refractivity contribution >= 4 is 0 Å². The van der Waals surface area contributed by atoms with Crippen molar-refractivity contribution in [2.45, 2.75) is 12.6 Å². The highest BCUT2D eigenvalue weighted by atomic mass is 19.4. The summed E-state index contributed by atoms with van der Waals surface area (Å²) in [4.78, 5) is 0. The van der Waals surface area contributed by atoms with Crippen LogP contribution in [-0.2, 0) is 0 Å². The van der Waals surface area contributed by atoms with Crippen LogP contribution in [0.25, 0.3) is 0 Å². The topological polar surface area (TPSA) is 14.1 Å². The van der Waals surface area contributed by atoms with Gasteiger partial charge in [-0.1, -0.05) is 0 Å². The molecule has 1 radical (unpaired) electrons. The Kier molecular flexibility index (Phi) is 2.82. The number of alkyl halides is 3. The molecule has 4 heteroatoms.